The van der Waals surface area contributed by atoms with Crippen LogP contribution in [-0.2, 0) is 9.09 Å². The Labute approximate surface area is 105 Å². The van der Waals surface area contributed by atoms with E-state index in [-0.39, 0.29) is 5.82 Å². The summed E-state index contributed by atoms with van der Waals surface area (Å²) in [6.45, 7) is 1.01. The zero-order chi connectivity index (χ0) is 12.7. The zero-order valence-corrected chi connectivity index (χ0v) is 11.6. The molecule has 0 aliphatic heterocycles. The van der Waals surface area contributed by atoms with Gasteiger partial charge in [0.15, 0.2) is 0 Å². The second-order valence-corrected chi connectivity index (χ2v) is 7.53. The highest BCUT2D eigenvalue weighted by molar-refractivity contribution is 8.55. The molecular formula is C11H16FO3PS. The molecule has 1 aromatic carbocycles. The van der Waals surface area contributed by atoms with Crippen LogP contribution >= 0.6 is 18.2 Å². The van der Waals surface area contributed by atoms with Crippen molar-refractivity contribution in [2.45, 2.75) is 20.3 Å². The fourth-order valence-corrected chi connectivity index (χ4v) is 4.17. The lowest BCUT2D eigenvalue weighted by atomic mass is 10.3. The van der Waals surface area contributed by atoms with Crippen molar-refractivity contribution in [3.8, 4) is 5.75 Å². The van der Waals surface area contributed by atoms with Crippen LogP contribution in [0.1, 0.15) is 20.3 Å². The third-order valence-electron chi connectivity index (χ3n) is 1.77. The maximum atomic E-state index is 12.7. The number of rotatable bonds is 7. The van der Waals surface area contributed by atoms with E-state index in [9.17, 15) is 8.96 Å². The van der Waals surface area contributed by atoms with Gasteiger partial charge in [0.05, 0.1) is 6.61 Å². The summed E-state index contributed by atoms with van der Waals surface area (Å²) < 4.78 is 35.5. The monoisotopic (exact) mass is 278 g/mol. The highest BCUT2D eigenvalue weighted by atomic mass is 32.7. The molecule has 96 valence electrons. The molecule has 0 aromatic heterocycles. The van der Waals surface area contributed by atoms with E-state index >= 15 is 0 Å². The van der Waals surface area contributed by atoms with E-state index in [1.807, 2.05) is 13.8 Å². The van der Waals surface area contributed by atoms with Crippen molar-refractivity contribution in [2.75, 3.05) is 12.4 Å². The normalized spacial score (nSPS) is 14.3. The van der Waals surface area contributed by atoms with Crippen molar-refractivity contribution in [3.63, 3.8) is 0 Å². The number of halogens is 1. The molecule has 0 radical (unpaired) electrons. The Kier molecular flexibility index (Phi) is 6.03. The summed E-state index contributed by atoms with van der Waals surface area (Å²) >= 11 is 1.14. The van der Waals surface area contributed by atoms with Gasteiger partial charge in [-0.3, -0.25) is 4.52 Å². The second-order valence-electron chi connectivity index (χ2n) is 3.24. The summed E-state index contributed by atoms with van der Waals surface area (Å²) in [5.41, 5.74) is 0. The van der Waals surface area contributed by atoms with Crippen LogP contribution in [0.5, 0.6) is 5.75 Å². The fourth-order valence-electron chi connectivity index (χ4n) is 1.08. The molecule has 0 fully saturated rings. The van der Waals surface area contributed by atoms with E-state index in [4.69, 9.17) is 9.05 Å². The van der Waals surface area contributed by atoms with E-state index < -0.39 is 6.80 Å². The van der Waals surface area contributed by atoms with Gasteiger partial charge in [0.2, 0.25) is 0 Å². The molecule has 0 spiro atoms. The van der Waals surface area contributed by atoms with Crippen molar-refractivity contribution in [1.82, 2.24) is 0 Å². The van der Waals surface area contributed by atoms with Crippen LogP contribution in [0.15, 0.2) is 24.3 Å². The maximum Gasteiger partial charge on any atom is 0.440 e. The molecule has 0 aliphatic carbocycles. The predicted octanol–water partition coefficient (Wildman–Crippen LogP) is 4.49. The van der Waals surface area contributed by atoms with E-state index in [0.717, 1.165) is 17.8 Å². The van der Waals surface area contributed by atoms with Crippen LogP contribution in [0.25, 0.3) is 0 Å². The van der Waals surface area contributed by atoms with Gasteiger partial charge >= 0.3 is 6.80 Å². The SMILES string of the molecule is CCCOP(=O)(Oc1ccc(F)cc1)SCC. The van der Waals surface area contributed by atoms with Gasteiger partial charge in [-0.25, -0.2) is 8.96 Å². The molecule has 1 aromatic rings. The van der Waals surface area contributed by atoms with Crippen LogP contribution < -0.4 is 4.52 Å². The van der Waals surface area contributed by atoms with Gasteiger partial charge in [0, 0.05) is 5.75 Å². The van der Waals surface area contributed by atoms with Crippen LogP contribution in [0.3, 0.4) is 0 Å². The van der Waals surface area contributed by atoms with Gasteiger partial charge in [-0.15, -0.1) is 0 Å². The van der Waals surface area contributed by atoms with E-state index in [0.29, 0.717) is 18.1 Å². The minimum atomic E-state index is -3.18. The van der Waals surface area contributed by atoms with Crippen molar-refractivity contribution < 1.29 is 18.0 Å². The Morgan fingerprint density at radius 2 is 1.94 bits per heavy atom. The molecule has 0 N–H and O–H groups in total. The van der Waals surface area contributed by atoms with Gasteiger partial charge < -0.3 is 4.52 Å². The molecule has 3 nitrogen and oxygen atoms in total. The Bertz CT molecular complexity index is 383. The van der Waals surface area contributed by atoms with Crippen molar-refractivity contribution in [1.29, 1.82) is 0 Å². The van der Waals surface area contributed by atoms with Crippen LogP contribution in [0.4, 0.5) is 4.39 Å². The molecule has 0 aliphatic rings. The molecule has 0 amide bonds. The molecule has 0 saturated heterocycles. The summed E-state index contributed by atoms with van der Waals surface area (Å²) in [5, 5.41) is 0. The molecule has 17 heavy (non-hydrogen) atoms. The molecule has 0 saturated carbocycles. The minimum Gasteiger partial charge on any atom is -0.417 e. The molecule has 1 atom stereocenters. The Morgan fingerprint density at radius 1 is 1.29 bits per heavy atom. The van der Waals surface area contributed by atoms with Crippen LogP contribution in [0, 0.1) is 5.82 Å². The predicted molar refractivity (Wildman–Crippen MR) is 69.0 cm³/mol. The first-order valence-electron chi connectivity index (χ1n) is 5.44. The number of hydrogen-bond acceptors (Lipinski definition) is 4. The lowest BCUT2D eigenvalue weighted by Crippen LogP contribution is -1.97. The average molecular weight is 278 g/mol. The van der Waals surface area contributed by atoms with E-state index in [2.05, 4.69) is 0 Å². The smallest absolute Gasteiger partial charge is 0.417 e. The number of benzene rings is 1. The van der Waals surface area contributed by atoms with E-state index in [1.54, 1.807) is 0 Å². The maximum absolute atomic E-state index is 12.7. The Hall–Kier alpha value is -0.510. The minimum absolute atomic E-state index is 0.354. The molecule has 1 unspecified atom stereocenters. The Balaban J connectivity index is 2.71. The van der Waals surface area contributed by atoms with E-state index in [1.165, 1.54) is 24.3 Å². The van der Waals surface area contributed by atoms with Crippen molar-refractivity contribution >= 4 is 18.2 Å². The van der Waals surface area contributed by atoms with Gasteiger partial charge in [-0.2, -0.15) is 0 Å². The first kappa shape index (κ1) is 14.6. The second kappa shape index (κ2) is 7.04. The van der Waals surface area contributed by atoms with Gasteiger partial charge in [0.1, 0.15) is 11.6 Å². The fraction of sp³-hybridized carbons (Fsp3) is 0.455. The van der Waals surface area contributed by atoms with Gasteiger partial charge in [-0.05, 0) is 42.1 Å². The Morgan fingerprint density at radius 3 is 2.47 bits per heavy atom. The van der Waals surface area contributed by atoms with Crippen LogP contribution in [0.2, 0.25) is 0 Å². The van der Waals surface area contributed by atoms with Crippen LogP contribution in [-0.4, -0.2) is 12.4 Å². The summed E-state index contributed by atoms with van der Waals surface area (Å²) in [6, 6.07) is 5.40. The lowest BCUT2D eigenvalue weighted by molar-refractivity contribution is 0.280. The summed E-state index contributed by atoms with van der Waals surface area (Å²) in [4.78, 5) is 0. The van der Waals surface area contributed by atoms with Gasteiger partial charge in [0.25, 0.3) is 0 Å². The van der Waals surface area contributed by atoms with Crippen molar-refractivity contribution in [2.24, 2.45) is 0 Å². The van der Waals surface area contributed by atoms with Crippen molar-refractivity contribution in [3.05, 3.63) is 30.1 Å². The standard InChI is InChI=1S/C11H16FO3PS/c1-3-9-14-16(13,17-4-2)15-11-7-5-10(12)6-8-11/h5-8H,3-4,9H2,1-2H3. The summed E-state index contributed by atoms with van der Waals surface area (Å²) in [7, 11) is 0. The first-order chi connectivity index (χ1) is 8.09. The largest absolute Gasteiger partial charge is 0.440 e. The third kappa shape index (κ3) is 5.11. The summed E-state index contributed by atoms with van der Waals surface area (Å²) in [5.74, 6) is 0.624. The van der Waals surface area contributed by atoms with Gasteiger partial charge in [-0.1, -0.05) is 13.8 Å². The topological polar surface area (TPSA) is 35.5 Å². The molecular weight excluding hydrogens is 262 g/mol. The third-order valence-corrected chi connectivity index (χ3v) is 5.54. The molecule has 0 heterocycles. The zero-order valence-electron chi connectivity index (χ0n) is 9.89. The molecule has 0 bridgehead atoms. The quantitative estimate of drug-likeness (QED) is 0.688. The average Bonchev–Trinajstić information content (AvgIpc) is 2.30. The lowest BCUT2D eigenvalue weighted by Gasteiger charge is -2.17. The highest BCUT2D eigenvalue weighted by Gasteiger charge is 2.26. The molecule has 6 heteroatoms. The number of hydrogen-bond donors (Lipinski definition) is 0. The highest BCUT2D eigenvalue weighted by Crippen LogP contribution is 2.59. The molecule has 1 rings (SSSR count). The first-order valence-corrected chi connectivity index (χ1v) is 8.57. The summed E-state index contributed by atoms with van der Waals surface area (Å²) in [6.07, 6.45) is 0.765.